The third-order valence-electron chi connectivity index (χ3n) is 3.00. The van der Waals surface area contributed by atoms with Crippen molar-refractivity contribution < 1.29 is 0 Å². The first-order chi connectivity index (χ1) is 8.72. The highest BCUT2D eigenvalue weighted by Crippen LogP contribution is 2.28. The highest BCUT2D eigenvalue weighted by molar-refractivity contribution is 9.10. The van der Waals surface area contributed by atoms with E-state index in [1.165, 1.54) is 18.4 Å². The molecule has 5 heteroatoms. The Labute approximate surface area is 119 Å². The predicted molar refractivity (Wildman–Crippen MR) is 77.6 cm³/mol. The first kappa shape index (κ1) is 12.3. The van der Waals surface area contributed by atoms with Gasteiger partial charge in [-0.2, -0.15) is 0 Å². The van der Waals surface area contributed by atoms with Gasteiger partial charge in [0.15, 0.2) is 0 Å². The molecule has 0 spiro atoms. The molecule has 3 rings (SSSR count). The highest BCUT2D eigenvalue weighted by atomic mass is 79.9. The molecule has 0 radical (unpaired) electrons. The van der Waals surface area contributed by atoms with E-state index in [0.29, 0.717) is 6.04 Å². The molecule has 1 aromatic carbocycles. The molecule has 0 aliphatic heterocycles. The Morgan fingerprint density at radius 3 is 2.94 bits per heavy atom. The van der Waals surface area contributed by atoms with Crippen LogP contribution >= 0.6 is 27.3 Å². The summed E-state index contributed by atoms with van der Waals surface area (Å²) < 4.78 is 1.12. The fourth-order valence-electron chi connectivity index (χ4n) is 1.69. The zero-order chi connectivity index (χ0) is 12.5. The monoisotopic (exact) mass is 323 g/mol. The van der Waals surface area contributed by atoms with Crippen molar-refractivity contribution >= 4 is 27.3 Å². The molecule has 0 saturated heterocycles. The predicted octanol–water partition coefficient (Wildman–Crippen LogP) is 3.53. The van der Waals surface area contributed by atoms with E-state index in [2.05, 4.69) is 56.6 Å². The number of hydrogen-bond donors (Lipinski definition) is 1. The Hall–Kier alpha value is -0.780. The van der Waals surface area contributed by atoms with E-state index in [9.17, 15) is 0 Å². The van der Waals surface area contributed by atoms with Gasteiger partial charge in [0.25, 0.3) is 0 Å². The number of rotatable bonds is 4. The summed E-state index contributed by atoms with van der Waals surface area (Å²) in [6.07, 6.45) is 2.60. The van der Waals surface area contributed by atoms with Crippen LogP contribution in [0.1, 0.15) is 23.4 Å². The number of nitrogens with one attached hydrogen (secondary N) is 1. The quantitative estimate of drug-likeness (QED) is 0.935. The van der Waals surface area contributed by atoms with Crippen molar-refractivity contribution in [3.63, 3.8) is 0 Å². The van der Waals surface area contributed by atoms with Crippen molar-refractivity contribution in [1.82, 2.24) is 15.5 Å². The summed E-state index contributed by atoms with van der Waals surface area (Å²) in [5, 5.41) is 14.0. The van der Waals surface area contributed by atoms with Crippen LogP contribution in [-0.2, 0) is 6.54 Å². The van der Waals surface area contributed by atoms with E-state index >= 15 is 0 Å². The molecule has 1 saturated carbocycles. The third-order valence-corrected chi connectivity index (χ3v) is 4.83. The van der Waals surface area contributed by atoms with E-state index in [1.54, 1.807) is 11.3 Å². The van der Waals surface area contributed by atoms with Gasteiger partial charge < -0.3 is 5.32 Å². The Kier molecular flexibility index (Phi) is 3.46. The van der Waals surface area contributed by atoms with E-state index in [1.807, 2.05) is 0 Å². The van der Waals surface area contributed by atoms with Crippen LogP contribution in [0.3, 0.4) is 0 Å². The van der Waals surface area contributed by atoms with E-state index in [-0.39, 0.29) is 0 Å². The lowest BCUT2D eigenvalue weighted by Crippen LogP contribution is -2.14. The fourth-order valence-corrected chi connectivity index (χ4v) is 2.85. The normalized spacial score (nSPS) is 15.0. The molecule has 0 amide bonds. The summed E-state index contributed by atoms with van der Waals surface area (Å²) in [7, 11) is 0. The van der Waals surface area contributed by atoms with Crippen molar-refractivity contribution in [3.8, 4) is 10.6 Å². The summed E-state index contributed by atoms with van der Waals surface area (Å²) in [4.78, 5) is 0. The molecule has 1 aliphatic rings. The SMILES string of the molecule is Cc1ccc(-c2nnc(CNC3CC3)s2)cc1Br. The van der Waals surface area contributed by atoms with Gasteiger partial charge in [0.05, 0.1) is 0 Å². The lowest BCUT2D eigenvalue weighted by atomic mass is 10.2. The summed E-state index contributed by atoms with van der Waals surface area (Å²) in [5.74, 6) is 0. The molecular weight excluding hydrogens is 310 g/mol. The molecule has 1 fully saturated rings. The number of halogens is 1. The van der Waals surface area contributed by atoms with Crippen LogP contribution in [0.15, 0.2) is 22.7 Å². The van der Waals surface area contributed by atoms with Crippen molar-refractivity contribution in [1.29, 1.82) is 0 Å². The van der Waals surface area contributed by atoms with Crippen LogP contribution in [-0.4, -0.2) is 16.2 Å². The minimum atomic E-state index is 0.714. The molecule has 2 aromatic rings. The van der Waals surface area contributed by atoms with Gasteiger partial charge in [-0.15, -0.1) is 10.2 Å². The van der Waals surface area contributed by atoms with Crippen molar-refractivity contribution in [2.24, 2.45) is 0 Å². The number of aryl methyl sites for hydroxylation is 1. The van der Waals surface area contributed by atoms with Gasteiger partial charge in [-0.1, -0.05) is 39.4 Å². The molecule has 0 bridgehead atoms. The van der Waals surface area contributed by atoms with Gasteiger partial charge in [-0.25, -0.2) is 0 Å². The summed E-state index contributed by atoms with van der Waals surface area (Å²) in [5.41, 5.74) is 2.36. The van der Waals surface area contributed by atoms with Gasteiger partial charge >= 0.3 is 0 Å². The second-order valence-electron chi connectivity index (χ2n) is 4.62. The minimum Gasteiger partial charge on any atom is -0.308 e. The summed E-state index contributed by atoms with van der Waals surface area (Å²) >= 11 is 5.22. The van der Waals surface area contributed by atoms with E-state index in [0.717, 1.165) is 26.6 Å². The van der Waals surface area contributed by atoms with Crippen LogP contribution in [0.2, 0.25) is 0 Å². The lowest BCUT2D eigenvalue weighted by molar-refractivity contribution is 0.679. The largest absolute Gasteiger partial charge is 0.308 e. The highest BCUT2D eigenvalue weighted by Gasteiger charge is 2.20. The molecule has 1 aliphatic carbocycles. The lowest BCUT2D eigenvalue weighted by Gasteiger charge is -2.00. The summed E-state index contributed by atoms with van der Waals surface area (Å²) in [6.45, 7) is 2.92. The van der Waals surface area contributed by atoms with Crippen molar-refractivity contribution in [2.75, 3.05) is 0 Å². The number of hydrogen-bond acceptors (Lipinski definition) is 4. The van der Waals surface area contributed by atoms with Gasteiger partial charge in [0.2, 0.25) is 0 Å². The zero-order valence-corrected chi connectivity index (χ0v) is 12.5. The first-order valence-corrected chi connectivity index (χ1v) is 7.65. The topological polar surface area (TPSA) is 37.8 Å². The molecule has 18 heavy (non-hydrogen) atoms. The fraction of sp³-hybridized carbons (Fsp3) is 0.385. The smallest absolute Gasteiger partial charge is 0.147 e. The molecule has 0 unspecified atom stereocenters. The summed E-state index contributed by atoms with van der Waals surface area (Å²) in [6, 6.07) is 7.01. The van der Waals surface area contributed by atoms with Crippen molar-refractivity contribution in [3.05, 3.63) is 33.2 Å². The molecule has 1 aromatic heterocycles. The Balaban J connectivity index is 1.76. The maximum absolute atomic E-state index is 4.26. The first-order valence-electron chi connectivity index (χ1n) is 6.04. The number of benzene rings is 1. The maximum Gasteiger partial charge on any atom is 0.147 e. The van der Waals surface area contributed by atoms with Crippen LogP contribution < -0.4 is 5.32 Å². The van der Waals surface area contributed by atoms with Crippen LogP contribution in [0.25, 0.3) is 10.6 Å². The standard InChI is InChI=1S/C13H14BrN3S/c1-8-2-3-9(6-11(8)14)13-17-16-12(18-13)7-15-10-4-5-10/h2-3,6,10,15H,4-5,7H2,1H3. The Bertz CT molecular complexity index is 563. The second-order valence-corrected chi connectivity index (χ2v) is 6.54. The zero-order valence-electron chi connectivity index (χ0n) is 10.1. The Morgan fingerprint density at radius 2 is 2.22 bits per heavy atom. The molecular formula is C13H14BrN3S. The molecule has 1 N–H and O–H groups in total. The van der Waals surface area contributed by atoms with Gasteiger partial charge in [-0.05, 0) is 31.4 Å². The molecule has 3 nitrogen and oxygen atoms in total. The van der Waals surface area contributed by atoms with Crippen LogP contribution in [0.4, 0.5) is 0 Å². The van der Waals surface area contributed by atoms with E-state index in [4.69, 9.17) is 0 Å². The van der Waals surface area contributed by atoms with Crippen LogP contribution in [0, 0.1) is 6.92 Å². The number of nitrogens with zero attached hydrogens (tertiary/aromatic N) is 2. The van der Waals surface area contributed by atoms with E-state index < -0.39 is 0 Å². The minimum absolute atomic E-state index is 0.714. The maximum atomic E-state index is 4.26. The Morgan fingerprint density at radius 1 is 1.39 bits per heavy atom. The molecule has 0 atom stereocenters. The third kappa shape index (κ3) is 2.79. The second kappa shape index (κ2) is 5.07. The van der Waals surface area contributed by atoms with Gasteiger partial charge in [-0.3, -0.25) is 0 Å². The van der Waals surface area contributed by atoms with Crippen molar-refractivity contribution in [2.45, 2.75) is 32.4 Å². The van der Waals surface area contributed by atoms with Crippen LogP contribution in [0.5, 0.6) is 0 Å². The molecule has 94 valence electrons. The molecule has 1 heterocycles. The number of aromatic nitrogens is 2. The average Bonchev–Trinajstić information content (AvgIpc) is 3.08. The average molecular weight is 324 g/mol. The van der Waals surface area contributed by atoms with Gasteiger partial charge in [0.1, 0.15) is 10.0 Å². The van der Waals surface area contributed by atoms with Gasteiger partial charge in [0, 0.05) is 22.6 Å².